The molecule has 0 N–H and O–H groups in total. The van der Waals surface area contributed by atoms with Crippen molar-refractivity contribution in [2.75, 3.05) is 0 Å². The lowest BCUT2D eigenvalue weighted by Crippen LogP contribution is -1.84. The van der Waals surface area contributed by atoms with E-state index in [1.807, 2.05) is 36.4 Å². The van der Waals surface area contributed by atoms with Crippen LogP contribution in [0.25, 0.3) is 12.2 Å². The van der Waals surface area contributed by atoms with Crippen molar-refractivity contribution < 1.29 is 0 Å². The zero-order valence-corrected chi connectivity index (χ0v) is 7.41. The van der Waals surface area contributed by atoms with Crippen LogP contribution in [0.3, 0.4) is 0 Å². The van der Waals surface area contributed by atoms with Gasteiger partial charge in [0.05, 0.1) is 11.4 Å². The number of nitrogens with zero attached hydrogens (tertiary/aromatic N) is 4. The molecule has 0 bridgehead atoms. The molecule has 2 aromatic rings. The van der Waals surface area contributed by atoms with E-state index in [2.05, 4.69) is 20.4 Å². The molecule has 0 amide bonds. The van der Waals surface area contributed by atoms with Crippen molar-refractivity contribution in [1.29, 1.82) is 0 Å². The van der Waals surface area contributed by atoms with E-state index in [0.29, 0.717) is 0 Å². The third-order valence-electron chi connectivity index (χ3n) is 1.61. The second-order valence-electron chi connectivity index (χ2n) is 2.63. The molecular weight excluding hydrogens is 176 g/mol. The van der Waals surface area contributed by atoms with E-state index in [-0.39, 0.29) is 0 Å². The van der Waals surface area contributed by atoms with E-state index >= 15 is 0 Å². The molecule has 2 aromatic heterocycles. The summed E-state index contributed by atoms with van der Waals surface area (Å²) in [6.45, 7) is 0. The summed E-state index contributed by atoms with van der Waals surface area (Å²) in [5.74, 6) is 0. The predicted molar refractivity (Wildman–Crippen MR) is 53.0 cm³/mol. The average Bonchev–Trinajstić information content (AvgIpc) is 2.29. The minimum Gasteiger partial charge on any atom is -0.159 e. The summed E-state index contributed by atoms with van der Waals surface area (Å²) in [5.41, 5.74) is 1.61. The van der Waals surface area contributed by atoms with Gasteiger partial charge in [-0.1, -0.05) is 0 Å². The highest BCUT2D eigenvalue weighted by atomic mass is 15.1. The van der Waals surface area contributed by atoms with E-state index in [4.69, 9.17) is 0 Å². The number of aromatic nitrogens is 4. The van der Waals surface area contributed by atoms with Crippen molar-refractivity contribution in [2.24, 2.45) is 0 Å². The van der Waals surface area contributed by atoms with E-state index < -0.39 is 0 Å². The van der Waals surface area contributed by atoms with Crippen LogP contribution in [0.2, 0.25) is 0 Å². The van der Waals surface area contributed by atoms with E-state index in [0.717, 1.165) is 11.4 Å². The highest BCUT2D eigenvalue weighted by molar-refractivity contribution is 5.65. The summed E-state index contributed by atoms with van der Waals surface area (Å²) in [7, 11) is 0. The molecule has 0 radical (unpaired) electrons. The van der Waals surface area contributed by atoms with Crippen molar-refractivity contribution in [3.63, 3.8) is 0 Å². The molecule has 2 rings (SSSR count). The van der Waals surface area contributed by atoms with Gasteiger partial charge in [-0.15, -0.1) is 0 Å². The SMILES string of the molecule is C(=Cc1cccnn1)c1cccnn1. The first-order valence-corrected chi connectivity index (χ1v) is 4.18. The predicted octanol–water partition coefficient (Wildman–Crippen LogP) is 1.44. The third kappa shape index (κ3) is 2.20. The smallest absolute Gasteiger partial charge is 0.0858 e. The molecule has 0 saturated heterocycles. The van der Waals surface area contributed by atoms with Crippen LogP contribution < -0.4 is 0 Å². The normalized spacial score (nSPS) is 10.6. The monoisotopic (exact) mass is 184 g/mol. The summed E-state index contributed by atoms with van der Waals surface area (Å²) >= 11 is 0. The average molecular weight is 184 g/mol. The number of hydrogen-bond acceptors (Lipinski definition) is 4. The van der Waals surface area contributed by atoms with Gasteiger partial charge in [-0.2, -0.15) is 20.4 Å². The molecule has 0 aromatic carbocycles. The summed E-state index contributed by atoms with van der Waals surface area (Å²) < 4.78 is 0. The Kier molecular flexibility index (Phi) is 2.56. The Balaban J connectivity index is 2.16. The van der Waals surface area contributed by atoms with Crippen LogP contribution in [0.4, 0.5) is 0 Å². The van der Waals surface area contributed by atoms with Crippen molar-refractivity contribution in [2.45, 2.75) is 0 Å². The van der Waals surface area contributed by atoms with Crippen molar-refractivity contribution in [3.05, 3.63) is 48.0 Å². The fraction of sp³-hybridized carbons (Fsp3) is 0. The van der Waals surface area contributed by atoms with E-state index in [1.54, 1.807) is 12.4 Å². The molecule has 68 valence electrons. The van der Waals surface area contributed by atoms with Crippen LogP contribution in [0.5, 0.6) is 0 Å². The highest BCUT2D eigenvalue weighted by Crippen LogP contribution is 2.00. The first-order valence-electron chi connectivity index (χ1n) is 4.18. The zero-order chi connectivity index (χ0) is 9.64. The first kappa shape index (κ1) is 8.50. The largest absolute Gasteiger partial charge is 0.159 e. The Hall–Kier alpha value is -2.10. The Morgan fingerprint density at radius 3 is 1.64 bits per heavy atom. The third-order valence-corrected chi connectivity index (χ3v) is 1.61. The van der Waals surface area contributed by atoms with Gasteiger partial charge in [-0.25, -0.2) is 0 Å². The van der Waals surface area contributed by atoms with Crippen LogP contribution in [0.15, 0.2) is 36.7 Å². The van der Waals surface area contributed by atoms with Crippen molar-refractivity contribution in [1.82, 2.24) is 20.4 Å². The second kappa shape index (κ2) is 4.23. The molecule has 0 fully saturated rings. The number of hydrogen-bond donors (Lipinski definition) is 0. The van der Waals surface area contributed by atoms with Crippen molar-refractivity contribution >= 4 is 12.2 Å². The molecule has 0 aliphatic heterocycles. The van der Waals surface area contributed by atoms with Gasteiger partial charge < -0.3 is 0 Å². The van der Waals surface area contributed by atoms with Gasteiger partial charge in [0, 0.05) is 12.4 Å². The highest BCUT2D eigenvalue weighted by Gasteiger charge is 1.88. The zero-order valence-electron chi connectivity index (χ0n) is 7.41. The summed E-state index contributed by atoms with van der Waals surface area (Å²) in [6.07, 6.45) is 6.97. The van der Waals surface area contributed by atoms with Gasteiger partial charge >= 0.3 is 0 Å². The molecular formula is C10H8N4. The second-order valence-corrected chi connectivity index (χ2v) is 2.63. The van der Waals surface area contributed by atoms with Crippen LogP contribution >= 0.6 is 0 Å². The lowest BCUT2D eigenvalue weighted by atomic mass is 10.3. The fourth-order valence-corrected chi connectivity index (χ4v) is 0.975. The maximum Gasteiger partial charge on any atom is 0.0858 e. The van der Waals surface area contributed by atoms with Gasteiger partial charge in [0.25, 0.3) is 0 Å². The maximum atomic E-state index is 3.91. The Labute approximate surface area is 81.3 Å². The molecule has 4 nitrogen and oxygen atoms in total. The van der Waals surface area contributed by atoms with Gasteiger partial charge in [0.2, 0.25) is 0 Å². The number of rotatable bonds is 2. The first-order chi connectivity index (χ1) is 6.95. The molecule has 4 heteroatoms. The molecule has 14 heavy (non-hydrogen) atoms. The molecule has 0 aliphatic carbocycles. The molecule has 0 spiro atoms. The minimum absolute atomic E-state index is 0.804. The topological polar surface area (TPSA) is 51.6 Å². The lowest BCUT2D eigenvalue weighted by molar-refractivity contribution is 1.01. The standard InChI is InChI=1S/C10H8N4/c1-3-9(13-11-7-1)5-6-10-4-2-8-12-14-10/h1-8H. The minimum atomic E-state index is 0.804. The summed E-state index contributed by atoms with van der Waals surface area (Å²) in [6, 6.07) is 7.42. The van der Waals surface area contributed by atoms with E-state index in [9.17, 15) is 0 Å². The van der Waals surface area contributed by atoms with Gasteiger partial charge in [-0.05, 0) is 36.4 Å². The maximum absolute atomic E-state index is 3.91. The Bertz CT molecular complexity index is 369. The van der Waals surface area contributed by atoms with Gasteiger partial charge in [0.15, 0.2) is 0 Å². The molecule has 0 aliphatic rings. The summed E-state index contributed by atoms with van der Waals surface area (Å²) in [4.78, 5) is 0. The van der Waals surface area contributed by atoms with Crippen molar-refractivity contribution in [3.8, 4) is 0 Å². The van der Waals surface area contributed by atoms with Crippen LogP contribution in [-0.4, -0.2) is 20.4 Å². The molecule has 0 atom stereocenters. The fourth-order valence-electron chi connectivity index (χ4n) is 0.975. The molecule has 2 heterocycles. The van der Waals surface area contributed by atoms with Crippen LogP contribution in [-0.2, 0) is 0 Å². The molecule has 0 saturated carbocycles. The van der Waals surface area contributed by atoms with E-state index in [1.165, 1.54) is 0 Å². The lowest BCUT2D eigenvalue weighted by Gasteiger charge is -1.89. The van der Waals surface area contributed by atoms with Crippen LogP contribution in [0.1, 0.15) is 11.4 Å². The Morgan fingerprint density at radius 2 is 1.29 bits per heavy atom. The Morgan fingerprint density at radius 1 is 0.786 bits per heavy atom. The molecule has 0 unspecified atom stereocenters. The summed E-state index contributed by atoms with van der Waals surface area (Å²) in [5, 5.41) is 15.3. The van der Waals surface area contributed by atoms with Crippen LogP contribution in [0, 0.1) is 0 Å². The van der Waals surface area contributed by atoms with Gasteiger partial charge in [0.1, 0.15) is 0 Å². The van der Waals surface area contributed by atoms with Gasteiger partial charge in [-0.3, -0.25) is 0 Å². The quantitative estimate of drug-likeness (QED) is 0.708.